The van der Waals surface area contributed by atoms with Gasteiger partial charge in [-0.15, -0.1) is 0 Å². The fraction of sp³-hybridized carbons (Fsp3) is 0.375. The third kappa shape index (κ3) is 5.02. The molecule has 0 saturated carbocycles. The topological polar surface area (TPSA) is 58.2 Å². The third-order valence-electron chi connectivity index (χ3n) is 3.43. The van der Waals surface area contributed by atoms with E-state index in [4.69, 9.17) is 0 Å². The Labute approximate surface area is 123 Å². The van der Waals surface area contributed by atoms with Gasteiger partial charge in [-0.1, -0.05) is 11.6 Å². The molecular formula is C16H19FN2O2. The van der Waals surface area contributed by atoms with Crippen LogP contribution in [0.2, 0.25) is 0 Å². The molecule has 0 aromatic heterocycles. The minimum atomic E-state index is -0.737. The van der Waals surface area contributed by atoms with Crippen molar-refractivity contribution in [1.82, 2.24) is 5.32 Å². The summed E-state index contributed by atoms with van der Waals surface area (Å²) in [4.78, 5) is 23.3. The van der Waals surface area contributed by atoms with Gasteiger partial charge in [-0.25, -0.2) is 4.39 Å². The quantitative estimate of drug-likeness (QED) is 0.661. The predicted octanol–water partition coefficient (Wildman–Crippen LogP) is 2.77. The Balaban J connectivity index is 1.73. The predicted molar refractivity (Wildman–Crippen MR) is 79.2 cm³/mol. The molecule has 0 spiro atoms. The molecule has 0 bridgehead atoms. The van der Waals surface area contributed by atoms with Crippen LogP contribution in [-0.2, 0) is 9.59 Å². The van der Waals surface area contributed by atoms with Gasteiger partial charge in [0.1, 0.15) is 5.82 Å². The summed E-state index contributed by atoms with van der Waals surface area (Å²) in [6, 6.07) is 5.27. The highest BCUT2D eigenvalue weighted by molar-refractivity contribution is 6.39. The minimum Gasteiger partial charge on any atom is -0.348 e. The number of allylic oxidation sites excluding steroid dienone is 1. The Kier molecular flexibility index (Phi) is 5.49. The van der Waals surface area contributed by atoms with Crippen LogP contribution in [0.3, 0.4) is 0 Å². The lowest BCUT2D eigenvalue weighted by Crippen LogP contribution is -2.36. The molecular weight excluding hydrogens is 271 g/mol. The first-order valence-corrected chi connectivity index (χ1v) is 7.18. The van der Waals surface area contributed by atoms with E-state index in [1.165, 1.54) is 42.7 Å². The SMILES string of the molecule is O=C(NCCC1=CCCCC1)C(=O)Nc1ccc(F)cc1. The Bertz CT molecular complexity index is 538. The summed E-state index contributed by atoms with van der Waals surface area (Å²) in [6.45, 7) is 0.460. The van der Waals surface area contributed by atoms with Crippen molar-refractivity contribution in [3.63, 3.8) is 0 Å². The van der Waals surface area contributed by atoms with Crippen molar-refractivity contribution < 1.29 is 14.0 Å². The van der Waals surface area contributed by atoms with Crippen LogP contribution in [0.1, 0.15) is 32.1 Å². The van der Waals surface area contributed by atoms with Crippen LogP contribution in [0.15, 0.2) is 35.9 Å². The van der Waals surface area contributed by atoms with Crippen LogP contribution < -0.4 is 10.6 Å². The fourth-order valence-electron chi connectivity index (χ4n) is 2.27. The van der Waals surface area contributed by atoms with Crippen LogP contribution in [0, 0.1) is 5.82 Å². The van der Waals surface area contributed by atoms with Gasteiger partial charge in [0.05, 0.1) is 0 Å². The number of benzene rings is 1. The van der Waals surface area contributed by atoms with Gasteiger partial charge in [0.2, 0.25) is 0 Å². The number of halogens is 1. The van der Waals surface area contributed by atoms with Crippen molar-refractivity contribution >= 4 is 17.5 Å². The van der Waals surface area contributed by atoms with Gasteiger partial charge >= 0.3 is 11.8 Å². The Morgan fingerprint density at radius 2 is 1.86 bits per heavy atom. The number of nitrogens with one attached hydrogen (secondary N) is 2. The van der Waals surface area contributed by atoms with Gasteiger partial charge in [0, 0.05) is 12.2 Å². The molecule has 1 aliphatic rings. The highest BCUT2D eigenvalue weighted by Gasteiger charge is 2.13. The molecule has 4 nitrogen and oxygen atoms in total. The monoisotopic (exact) mass is 290 g/mol. The maximum atomic E-state index is 12.7. The number of amides is 2. The molecule has 0 aliphatic heterocycles. The molecule has 1 aromatic carbocycles. The normalized spacial score (nSPS) is 14.2. The molecule has 0 heterocycles. The van der Waals surface area contributed by atoms with Crippen LogP contribution in [0.5, 0.6) is 0 Å². The molecule has 0 unspecified atom stereocenters. The largest absolute Gasteiger partial charge is 0.348 e. The number of anilines is 1. The summed E-state index contributed by atoms with van der Waals surface area (Å²) in [5.74, 6) is -1.80. The lowest BCUT2D eigenvalue weighted by Gasteiger charge is -2.12. The zero-order valence-corrected chi connectivity index (χ0v) is 11.8. The van der Waals surface area contributed by atoms with Crippen molar-refractivity contribution in [2.75, 3.05) is 11.9 Å². The van der Waals surface area contributed by atoms with Crippen LogP contribution in [0.25, 0.3) is 0 Å². The first-order chi connectivity index (χ1) is 10.1. The van der Waals surface area contributed by atoms with Crippen LogP contribution >= 0.6 is 0 Å². The Morgan fingerprint density at radius 1 is 1.10 bits per heavy atom. The van der Waals surface area contributed by atoms with E-state index >= 15 is 0 Å². The van der Waals surface area contributed by atoms with Crippen molar-refractivity contribution in [3.05, 3.63) is 41.7 Å². The molecule has 1 aliphatic carbocycles. The molecule has 21 heavy (non-hydrogen) atoms. The smallest absolute Gasteiger partial charge is 0.313 e. The minimum absolute atomic E-state index is 0.391. The second kappa shape index (κ2) is 7.57. The highest BCUT2D eigenvalue weighted by Crippen LogP contribution is 2.19. The van der Waals surface area contributed by atoms with Gasteiger partial charge in [-0.3, -0.25) is 9.59 Å². The molecule has 0 fully saturated rings. The zero-order valence-electron chi connectivity index (χ0n) is 11.8. The number of carbonyl (C=O) groups excluding carboxylic acids is 2. The lowest BCUT2D eigenvalue weighted by molar-refractivity contribution is -0.136. The number of hydrogen-bond acceptors (Lipinski definition) is 2. The summed E-state index contributed by atoms with van der Waals surface area (Å²) in [5.41, 5.74) is 1.74. The molecule has 0 radical (unpaired) electrons. The zero-order chi connectivity index (χ0) is 15.1. The van der Waals surface area contributed by atoms with E-state index < -0.39 is 17.6 Å². The average Bonchev–Trinajstić information content (AvgIpc) is 2.50. The van der Waals surface area contributed by atoms with Gasteiger partial charge in [0.15, 0.2) is 0 Å². The van der Waals surface area contributed by atoms with Gasteiger partial charge < -0.3 is 10.6 Å². The lowest BCUT2D eigenvalue weighted by atomic mass is 9.97. The van der Waals surface area contributed by atoms with Crippen molar-refractivity contribution in [3.8, 4) is 0 Å². The summed E-state index contributed by atoms with van der Waals surface area (Å²) in [5, 5.41) is 5.02. The van der Waals surface area contributed by atoms with Gasteiger partial charge in [-0.05, 0) is 56.4 Å². The maximum Gasteiger partial charge on any atom is 0.313 e. The molecule has 1 aromatic rings. The fourth-order valence-corrected chi connectivity index (χ4v) is 2.27. The number of carbonyl (C=O) groups is 2. The average molecular weight is 290 g/mol. The van der Waals surface area contributed by atoms with Crippen molar-refractivity contribution in [2.24, 2.45) is 0 Å². The van der Waals surface area contributed by atoms with Crippen LogP contribution in [0.4, 0.5) is 10.1 Å². The van der Waals surface area contributed by atoms with Crippen molar-refractivity contribution in [2.45, 2.75) is 32.1 Å². The van der Waals surface area contributed by atoms with E-state index in [0.29, 0.717) is 12.2 Å². The Morgan fingerprint density at radius 3 is 2.52 bits per heavy atom. The summed E-state index contributed by atoms with van der Waals surface area (Å²) in [7, 11) is 0. The molecule has 2 amide bonds. The maximum absolute atomic E-state index is 12.7. The second-order valence-corrected chi connectivity index (χ2v) is 5.08. The number of hydrogen-bond donors (Lipinski definition) is 2. The van der Waals surface area contributed by atoms with E-state index in [-0.39, 0.29) is 0 Å². The third-order valence-corrected chi connectivity index (χ3v) is 3.43. The standard InChI is InChI=1S/C16H19FN2O2/c17-13-6-8-14(9-7-13)19-16(21)15(20)18-11-10-12-4-2-1-3-5-12/h4,6-9H,1-3,5,10-11H2,(H,18,20)(H,19,21). The summed E-state index contributed by atoms with van der Waals surface area (Å²) in [6.07, 6.45) is 7.62. The summed E-state index contributed by atoms with van der Waals surface area (Å²) < 4.78 is 12.7. The van der Waals surface area contributed by atoms with Gasteiger partial charge in [0.25, 0.3) is 0 Å². The van der Waals surface area contributed by atoms with E-state index in [1.54, 1.807) is 0 Å². The second-order valence-electron chi connectivity index (χ2n) is 5.08. The van der Waals surface area contributed by atoms with E-state index in [9.17, 15) is 14.0 Å². The van der Waals surface area contributed by atoms with E-state index in [2.05, 4.69) is 16.7 Å². The summed E-state index contributed by atoms with van der Waals surface area (Å²) >= 11 is 0. The van der Waals surface area contributed by atoms with Crippen LogP contribution in [-0.4, -0.2) is 18.4 Å². The molecule has 0 atom stereocenters. The molecule has 2 rings (SSSR count). The number of rotatable bonds is 4. The van der Waals surface area contributed by atoms with Crippen molar-refractivity contribution in [1.29, 1.82) is 0 Å². The van der Waals surface area contributed by atoms with E-state index in [1.807, 2.05) is 0 Å². The molecule has 112 valence electrons. The molecule has 2 N–H and O–H groups in total. The molecule has 5 heteroatoms. The first-order valence-electron chi connectivity index (χ1n) is 7.18. The van der Waals surface area contributed by atoms with Gasteiger partial charge in [-0.2, -0.15) is 0 Å². The van der Waals surface area contributed by atoms with E-state index in [0.717, 1.165) is 19.3 Å². The highest BCUT2D eigenvalue weighted by atomic mass is 19.1. The first kappa shape index (κ1) is 15.2. The Hall–Kier alpha value is -2.17. The molecule has 0 saturated heterocycles.